The van der Waals surface area contributed by atoms with Crippen LogP contribution in [-0.4, -0.2) is 9.97 Å². The summed E-state index contributed by atoms with van der Waals surface area (Å²) >= 11 is 0. The number of hydrogen-bond acceptors (Lipinski definition) is 4. The Morgan fingerprint density at radius 2 is 1.50 bits per heavy atom. The average molecular weight is 358 g/mol. The quantitative estimate of drug-likeness (QED) is 0.637. The Kier molecular flexibility index (Phi) is 4.79. The fourth-order valence-corrected chi connectivity index (χ4v) is 2.50. The van der Waals surface area contributed by atoms with Crippen LogP contribution >= 0.6 is 0 Å². The van der Waals surface area contributed by atoms with Crippen LogP contribution in [0.2, 0.25) is 0 Å². The molecule has 0 aliphatic heterocycles. The Labute approximate surface area is 149 Å². The molecule has 2 N–H and O–H groups in total. The van der Waals surface area contributed by atoms with Crippen LogP contribution in [0.15, 0.2) is 54.7 Å². The number of nitrogens with one attached hydrogen (secondary N) is 2. The molecule has 0 amide bonds. The van der Waals surface area contributed by atoms with Gasteiger partial charge in [0.15, 0.2) is 0 Å². The lowest BCUT2D eigenvalue weighted by molar-refractivity contribution is -0.137. The smallest absolute Gasteiger partial charge is 0.340 e. The zero-order valence-corrected chi connectivity index (χ0v) is 14.2. The molecule has 3 rings (SSSR count). The van der Waals surface area contributed by atoms with E-state index >= 15 is 0 Å². The Morgan fingerprint density at radius 1 is 0.846 bits per heavy atom. The third-order valence-electron chi connectivity index (χ3n) is 3.86. The van der Waals surface area contributed by atoms with Crippen LogP contribution in [0.1, 0.15) is 16.7 Å². The van der Waals surface area contributed by atoms with E-state index in [0.717, 1.165) is 28.9 Å². The van der Waals surface area contributed by atoms with Gasteiger partial charge in [0.25, 0.3) is 0 Å². The zero-order valence-electron chi connectivity index (χ0n) is 14.2. The van der Waals surface area contributed by atoms with Crippen LogP contribution in [0.25, 0.3) is 0 Å². The number of halogens is 3. The molecule has 0 atom stereocenters. The maximum atomic E-state index is 12.6. The SMILES string of the molecule is Cc1cccc(C)c1Nc1nccc(Nc2ccc(C(F)(F)F)cc2)n1. The van der Waals surface area contributed by atoms with Gasteiger partial charge in [-0.25, -0.2) is 4.98 Å². The van der Waals surface area contributed by atoms with Gasteiger partial charge in [0.1, 0.15) is 5.82 Å². The minimum atomic E-state index is -4.35. The third kappa shape index (κ3) is 4.11. The first kappa shape index (κ1) is 17.7. The first-order chi connectivity index (χ1) is 12.3. The second-order valence-electron chi connectivity index (χ2n) is 5.86. The molecule has 7 heteroatoms. The van der Waals surface area contributed by atoms with Gasteiger partial charge in [-0.05, 0) is 55.3 Å². The van der Waals surface area contributed by atoms with E-state index in [1.807, 2.05) is 32.0 Å². The Balaban J connectivity index is 1.77. The number of alkyl halides is 3. The lowest BCUT2D eigenvalue weighted by atomic mass is 10.1. The first-order valence-corrected chi connectivity index (χ1v) is 7.93. The predicted molar refractivity (Wildman–Crippen MR) is 96.0 cm³/mol. The summed E-state index contributed by atoms with van der Waals surface area (Å²) in [6, 6.07) is 12.4. The molecule has 0 fully saturated rings. The highest BCUT2D eigenvalue weighted by atomic mass is 19.4. The fraction of sp³-hybridized carbons (Fsp3) is 0.158. The van der Waals surface area contributed by atoms with Crippen molar-refractivity contribution in [3.63, 3.8) is 0 Å². The molecule has 2 aromatic carbocycles. The maximum Gasteiger partial charge on any atom is 0.416 e. The lowest BCUT2D eigenvalue weighted by Gasteiger charge is -2.12. The predicted octanol–water partition coefficient (Wildman–Crippen LogP) is 5.60. The van der Waals surface area contributed by atoms with Crippen molar-refractivity contribution in [2.45, 2.75) is 20.0 Å². The Morgan fingerprint density at radius 3 is 2.12 bits per heavy atom. The molecular formula is C19H17F3N4. The standard InChI is InChI=1S/C19H17F3N4/c1-12-4-3-5-13(2)17(12)26-18-23-11-10-16(25-18)24-15-8-6-14(7-9-15)19(20,21)22/h3-11H,1-2H3,(H2,23,24,25,26). The van der Waals surface area contributed by atoms with E-state index in [2.05, 4.69) is 20.6 Å². The van der Waals surface area contributed by atoms with E-state index < -0.39 is 11.7 Å². The molecule has 0 bridgehead atoms. The first-order valence-electron chi connectivity index (χ1n) is 7.93. The zero-order chi connectivity index (χ0) is 18.7. The van der Waals surface area contributed by atoms with Crippen LogP contribution in [-0.2, 0) is 6.18 Å². The number of nitrogens with zero attached hydrogens (tertiary/aromatic N) is 2. The highest BCUT2D eigenvalue weighted by molar-refractivity contribution is 5.64. The lowest BCUT2D eigenvalue weighted by Crippen LogP contribution is -2.05. The summed E-state index contributed by atoms with van der Waals surface area (Å²) in [7, 11) is 0. The molecule has 26 heavy (non-hydrogen) atoms. The van der Waals surface area contributed by atoms with Crippen molar-refractivity contribution in [1.82, 2.24) is 9.97 Å². The van der Waals surface area contributed by atoms with Crippen molar-refractivity contribution in [3.05, 3.63) is 71.4 Å². The number of benzene rings is 2. The van der Waals surface area contributed by atoms with Gasteiger partial charge >= 0.3 is 6.18 Å². The van der Waals surface area contributed by atoms with E-state index in [9.17, 15) is 13.2 Å². The van der Waals surface area contributed by atoms with Gasteiger partial charge in [-0.1, -0.05) is 18.2 Å². The van der Waals surface area contributed by atoms with Gasteiger partial charge in [-0.3, -0.25) is 0 Å². The Hall–Kier alpha value is -3.09. The molecule has 4 nitrogen and oxygen atoms in total. The van der Waals surface area contributed by atoms with E-state index in [0.29, 0.717) is 17.5 Å². The molecule has 0 aliphatic rings. The normalized spacial score (nSPS) is 11.3. The number of rotatable bonds is 4. The fourth-order valence-electron chi connectivity index (χ4n) is 2.50. The second-order valence-corrected chi connectivity index (χ2v) is 5.86. The van der Waals surface area contributed by atoms with Crippen molar-refractivity contribution in [2.75, 3.05) is 10.6 Å². The van der Waals surface area contributed by atoms with Crippen LogP contribution in [0.5, 0.6) is 0 Å². The molecule has 134 valence electrons. The number of aromatic nitrogens is 2. The number of anilines is 4. The van der Waals surface area contributed by atoms with Crippen molar-refractivity contribution in [1.29, 1.82) is 0 Å². The molecule has 1 aromatic heterocycles. The summed E-state index contributed by atoms with van der Waals surface area (Å²) in [6.45, 7) is 3.97. The van der Waals surface area contributed by atoms with E-state index in [-0.39, 0.29) is 0 Å². The molecule has 0 saturated carbocycles. The molecule has 3 aromatic rings. The topological polar surface area (TPSA) is 49.8 Å². The van der Waals surface area contributed by atoms with Crippen LogP contribution in [0.4, 0.5) is 36.3 Å². The van der Waals surface area contributed by atoms with Crippen LogP contribution in [0.3, 0.4) is 0 Å². The summed E-state index contributed by atoms with van der Waals surface area (Å²) in [4.78, 5) is 8.56. The van der Waals surface area contributed by atoms with Crippen molar-refractivity contribution in [2.24, 2.45) is 0 Å². The van der Waals surface area contributed by atoms with Crippen molar-refractivity contribution >= 4 is 23.1 Å². The molecule has 0 aliphatic carbocycles. The second kappa shape index (κ2) is 7.03. The monoisotopic (exact) mass is 358 g/mol. The summed E-state index contributed by atoms with van der Waals surface area (Å²) in [5.74, 6) is 0.882. The van der Waals surface area contributed by atoms with E-state index in [1.54, 1.807) is 12.3 Å². The van der Waals surface area contributed by atoms with Crippen molar-refractivity contribution in [3.8, 4) is 0 Å². The molecule has 0 unspecified atom stereocenters. The molecule has 0 radical (unpaired) electrons. The van der Waals surface area contributed by atoms with Gasteiger partial charge in [0.2, 0.25) is 5.95 Å². The highest BCUT2D eigenvalue weighted by Gasteiger charge is 2.29. The average Bonchev–Trinajstić information content (AvgIpc) is 2.58. The van der Waals surface area contributed by atoms with E-state index in [4.69, 9.17) is 0 Å². The van der Waals surface area contributed by atoms with Gasteiger partial charge in [-0.15, -0.1) is 0 Å². The van der Waals surface area contributed by atoms with Crippen LogP contribution in [0, 0.1) is 13.8 Å². The summed E-state index contributed by atoms with van der Waals surface area (Å²) < 4.78 is 37.9. The molecule has 0 saturated heterocycles. The molecule has 0 spiro atoms. The minimum absolute atomic E-state index is 0.402. The third-order valence-corrected chi connectivity index (χ3v) is 3.86. The number of para-hydroxylation sites is 1. The molecule has 1 heterocycles. The number of hydrogen-bond donors (Lipinski definition) is 2. The summed E-state index contributed by atoms with van der Waals surface area (Å²) in [5, 5.41) is 6.16. The van der Waals surface area contributed by atoms with Crippen molar-refractivity contribution < 1.29 is 13.2 Å². The maximum absolute atomic E-state index is 12.6. The summed E-state index contributed by atoms with van der Waals surface area (Å²) in [6.07, 6.45) is -2.77. The minimum Gasteiger partial charge on any atom is -0.340 e. The Bertz CT molecular complexity index is 885. The largest absolute Gasteiger partial charge is 0.416 e. The van der Waals surface area contributed by atoms with Gasteiger partial charge in [0, 0.05) is 17.6 Å². The highest BCUT2D eigenvalue weighted by Crippen LogP contribution is 2.30. The molecular weight excluding hydrogens is 341 g/mol. The van der Waals surface area contributed by atoms with Gasteiger partial charge in [0.05, 0.1) is 5.56 Å². The van der Waals surface area contributed by atoms with E-state index in [1.165, 1.54) is 12.1 Å². The van der Waals surface area contributed by atoms with Gasteiger partial charge in [-0.2, -0.15) is 18.2 Å². The van der Waals surface area contributed by atoms with Crippen LogP contribution < -0.4 is 10.6 Å². The number of aryl methyl sites for hydroxylation is 2. The van der Waals surface area contributed by atoms with Gasteiger partial charge < -0.3 is 10.6 Å². The summed E-state index contributed by atoms with van der Waals surface area (Å²) in [5.41, 5.74) is 2.88.